The lowest BCUT2D eigenvalue weighted by molar-refractivity contribution is -0.138. The predicted octanol–water partition coefficient (Wildman–Crippen LogP) is 3.48. The first-order valence-electron chi connectivity index (χ1n) is 9.40. The number of nitrogens with zero attached hydrogens (tertiary/aromatic N) is 5. The summed E-state index contributed by atoms with van der Waals surface area (Å²) in [4.78, 5) is 24.4. The van der Waals surface area contributed by atoms with Crippen molar-refractivity contribution < 1.29 is 18.0 Å². The SMILES string of the molecule is N=CN(Cc1ccc(NC(=O)c2cncc(C#Cc3cnc(N)cn3)c2)cc1C(F)(F)F)N=N. The van der Waals surface area contributed by atoms with Crippen molar-refractivity contribution in [1.82, 2.24) is 20.0 Å². The summed E-state index contributed by atoms with van der Waals surface area (Å²) in [6, 6.07) is 4.63. The highest BCUT2D eigenvalue weighted by atomic mass is 19.4. The molecule has 5 N–H and O–H groups in total. The number of nitrogen functional groups attached to an aromatic ring is 1. The van der Waals surface area contributed by atoms with Crippen LogP contribution in [0.2, 0.25) is 0 Å². The zero-order valence-corrected chi connectivity index (χ0v) is 17.3. The Morgan fingerprint density at radius 3 is 2.62 bits per heavy atom. The van der Waals surface area contributed by atoms with Crippen LogP contribution < -0.4 is 11.1 Å². The number of halogens is 3. The quantitative estimate of drug-likeness (QED) is 0.143. The maximum absolute atomic E-state index is 13.5. The van der Waals surface area contributed by atoms with Gasteiger partial charge < -0.3 is 11.1 Å². The molecule has 0 unspecified atom stereocenters. The third-order valence-electron chi connectivity index (χ3n) is 4.29. The lowest BCUT2D eigenvalue weighted by Crippen LogP contribution is -2.19. The second kappa shape index (κ2) is 10.2. The van der Waals surface area contributed by atoms with Crippen LogP contribution in [0.1, 0.15) is 32.7 Å². The number of benzene rings is 1. The number of hydrogen-bond acceptors (Lipinski definition) is 8. The molecule has 0 saturated carbocycles. The van der Waals surface area contributed by atoms with E-state index in [1.54, 1.807) is 0 Å². The molecule has 3 rings (SSSR count). The monoisotopic (exact) mass is 467 g/mol. The average molecular weight is 467 g/mol. The second-order valence-electron chi connectivity index (χ2n) is 6.69. The Hall–Kier alpha value is -4.86. The van der Waals surface area contributed by atoms with Crippen molar-refractivity contribution in [2.45, 2.75) is 12.7 Å². The first-order valence-corrected chi connectivity index (χ1v) is 9.40. The number of anilines is 2. The van der Waals surface area contributed by atoms with Gasteiger partial charge >= 0.3 is 6.18 Å². The number of rotatable bonds is 6. The van der Waals surface area contributed by atoms with Crippen molar-refractivity contribution >= 4 is 23.8 Å². The molecule has 0 spiro atoms. The van der Waals surface area contributed by atoms with E-state index in [0.717, 1.165) is 17.1 Å². The summed E-state index contributed by atoms with van der Waals surface area (Å²) in [6.07, 6.45) is 1.29. The third-order valence-corrected chi connectivity index (χ3v) is 4.29. The summed E-state index contributed by atoms with van der Waals surface area (Å²) in [5.74, 6) is 5.07. The number of aromatic nitrogens is 3. The Labute approximate surface area is 191 Å². The summed E-state index contributed by atoms with van der Waals surface area (Å²) in [5, 5.41) is 13.2. The van der Waals surface area contributed by atoms with E-state index < -0.39 is 24.2 Å². The van der Waals surface area contributed by atoms with Gasteiger partial charge in [-0.1, -0.05) is 17.2 Å². The first kappa shape index (κ1) is 23.8. The highest BCUT2D eigenvalue weighted by molar-refractivity contribution is 6.04. The van der Waals surface area contributed by atoms with Crippen LogP contribution in [0.25, 0.3) is 0 Å². The van der Waals surface area contributed by atoms with Crippen LogP contribution >= 0.6 is 0 Å². The minimum atomic E-state index is -4.73. The van der Waals surface area contributed by atoms with Crippen molar-refractivity contribution in [3.63, 3.8) is 0 Å². The molecule has 0 atom stereocenters. The molecule has 0 aliphatic rings. The number of hydrogen-bond donors (Lipinski definition) is 4. The van der Waals surface area contributed by atoms with E-state index in [9.17, 15) is 18.0 Å². The predicted molar refractivity (Wildman–Crippen MR) is 116 cm³/mol. The molecule has 3 aromatic rings. The van der Waals surface area contributed by atoms with Gasteiger partial charge in [0.25, 0.3) is 5.91 Å². The Bertz CT molecular complexity index is 1270. The number of carbonyl (C=O) groups excluding carboxylic acids is 1. The van der Waals surface area contributed by atoms with Gasteiger partial charge in [-0.25, -0.2) is 15.0 Å². The van der Waals surface area contributed by atoms with Gasteiger partial charge in [0, 0.05) is 23.6 Å². The number of amides is 1. The zero-order chi connectivity index (χ0) is 24.7. The number of nitrogens with one attached hydrogen (secondary N) is 3. The van der Waals surface area contributed by atoms with Crippen LogP contribution in [0.5, 0.6) is 0 Å². The topological polar surface area (TPSA) is 157 Å². The van der Waals surface area contributed by atoms with Gasteiger partial charge in [0.2, 0.25) is 0 Å². The van der Waals surface area contributed by atoms with Crippen LogP contribution in [-0.4, -0.2) is 32.2 Å². The van der Waals surface area contributed by atoms with Crippen LogP contribution in [0.15, 0.2) is 54.3 Å². The fourth-order valence-electron chi connectivity index (χ4n) is 2.71. The molecule has 1 amide bonds. The van der Waals surface area contributed by atoms with Crippen LogP contribution in [0.4, 0.5) is 24.7 Å². The Morgan fingerprint density at radius 2 is 1.97 bits per heavy atom. The molecular weight excluding hydrogens is 451 g/mol. The molecule has 13 heteroatoms. The Morgan fingerprint density at radius 1 is 1.18 bits per heavy atom. The highest BCUT2D eigenvalue weighted by Crippen LogP contribution is 2.34. The van der Waals surface area contributed by atoms with E-state index in [1.165, 1.54) is 36.9 Å². The van der Waals surface area contributed by atoms with E-state index >= 15 is 0 Å². The summed E-state index contributed by atoms with van der Waals surface area (Å²) in [6.45, 7) is -0.431. The molecule has 172 valence electrons. The third kappa shape index (κ3) is 6.10. The summed E-state index contributed by atoms with van der Waals surface area (Å²) >= 11 is 0. The van der Waals surface area contributed by atoms with Crippen LogP contribution in [0.3, 0.4) is 0 Å². The normalized spacial score (nSPS) is 10.6. The molecule has 2 heterocycles. The summed E-state index contributed by atoms with van der Waals surface area (Å²) in [5.41, 5.74) is 11.8. The van der Waals surface area contributed by atoms with Gasteiger partial charge in [-0.05, 0) is 29.7 Å². The van der Waals surface area contributed by atoms with Crippen molar-refractivity contribution in [3.8, 4) is 11.8 Å². The second-order valence-corrected chi connectivity index (χ2v) is 6.69. The molecule has 0 aliphatic carbocycles. The first-order chi connectivity index (χ1) is 16.2. The van der Waals surface area contributed by atoms with Gasteiger partial charge in [0.1, 0.15) is 17.9 Å². The molecule has 0 fully saturated rings. The molecule has 34 heavy (non-hydrogen) atoms. The summed E-state index contributed by atoms with van der Waals surface area (Å²) < 4.78 is 40.6. The number of pyridine rings is 1. The van der Waals surface area contributed by atoms with E-state index in [0.29, 0.717) is 17.6 Å². The molecule has 0 saturated heterocycles. The largest absolute Gasteiger partial charge is 0.416 e. The van der Waals surface area contributed by atoms with Gasteiger partial charge in [0.15, 0.2) is 0 Å². The molecular formula is C21H16F3N9O. The molecule has 0 radical (unpaired) electrons. The highest BCUT2D eigenvalue weighted by Gasteiger charge is 2.34. The van der Waals surface area contributed by atoms with Gasteiger partial charge in [-0.3, -0.25) is 15.2 Å². The average Bonchev–Trinajstić information content (AvgIpc) is 2.82. The van der Waals surface area contributed by atoms with Crippen molar-refractivity contribution in [3.05, 3.63) is 77.0 Å². The number of nitrogens with two attached hydrogens (primary N) is 1. The Balaban J connectivity index is 1.81. The summed E-state index contributed by atoms with van der Waals surface area (Å²) in [7, 11) is 0. The van der Waals surface area contributed by atoms with Gasteiger partial charge in [-0.2, -0.15) is 18.7 Å². The van der Waals surface area contributed by atoms with Gasteiger partial charge in [0.05, 0.1) is 30.1 Å². The maximum Gasteiger partial charge on any atom is 0.416 e. The zero-order valence-electron chi connectivity index (χ0n) is 17.3. The number of alkyl halides is 3. The van der Waals surface area contributed by atoms with Crippen molar-refractivity contribution in [1.29, 1.82) is 10.9 Å². The lowest BCUT2D eigenvalue weighted by atomic mass is 10.1. The van der Waals surface area contributed by atoms with Crippen molar-refractivity contribution in [2.24, 2.45) is 5.22 Å². The van der Waals surface area contributed by atoms with Crippen LogP contribution in [0, 0.1) is 22.8 Å². The molecule has 1 aromatic carbocycles. The number of carbonyl (C=O) groups is 1. The van der Waals surface area contributed by atoms with Crippen LogP contribution in [-0.2, 0) is 12.7 Å². The fraction of sp³-hybridized carbons (Fsp3) is 0.0952. The Kier molecular flexibility index (Phi) is 7.12. The molecule has 2 aromatic heterocycles. The maximum atomic E-state index is 13.5. The van der Waals surface area contributed by atoms with Crippen molar-refractivity contribution in [2.75, 3.05) is 11.1 Å². The fourth-order valence-corrected chi connectivity index (χ4v) is 2.71. The molecule has 0 aliphatic heterocycles. The smallest absolute Gasteiger partial charge is 0.382 e. The minimum absolute atomic E-state index is 0.0795. The molecule has 0 bridgehead atoms. The van der Waals surface area contributed by atoms with E-state index in [-0.39, 0.29) is 22.6 Å². The minimum Gasteiger partial charge on any atom is -0.382 e. The molecule has 10 nitrogen and oxygen atoms in total. The lowest BCUT2D eigenvalue weighted by Gasteiger charge is -2.17. The standard InChI is InChI=1S/C21H16F3N9O/c22-21(23,24)18-6-16(4-2-14(18)11-33(12-25)32-27)31-20(34)15-5-13(7-28-8-15)1-3-17-9-30-19(26)10-29-17/h2,4-10,12,25,27H,11H2,(H2,26,30)(H,31,34). The van der Waals surface area contributed by atoms with Gasteiger partial charge in [-0.15, -0.1) is 0 Å². The van der Waals surface area contributed by atoms with E-state index in [4.69, 9.17) is 16.7 Å². The van der Waals surface area contributed by atoms with E-state index in [2.05, 4.69) is 37.3 Å². The van der Waals surface area contributed by atoms with E-state index in [1.807, 2.05) is 0 Å².